The monoisotopic (exact) mass is 457 g/mol. The summed E-state index contributed by atoms with van der Waals surface area (Å²) in [6.07, 6.45) is 3.31. The summed E-state index contributed by atoms with van der Waals surface area (Å²) in [7, 11) is 3.12. The maximum Gasteiger partial charge on any atom is 0.248 e. The van der Waals surface area contributed by atoms with Gasteiger partial charge in [0, 0.05) is 40.4 Å². The molecule has 174 valence electrons. The molecule has 3 aromatic carbocycles. The Balaban J connectivity index is 1.68. The Morgan fingerprint density at radius 2 is 1.74 bits per heavy atom. The number of hydrogen-bond acceptors (Lipinski definition) is 5. The molecule has 0 radical (unpaired) electrons. The molecule has 4 rings (SSSR count). The Bertz CT molecular complexity index is 1340. The molecule has 0 fully saturated rings. The number of methoxy groups -OCH3 is 2. The van der Waals surface area contributed by atoms with E-state index < -0.39 is 0 Å². The van der Waals surface area contributed by atoms with Crippen LogP contribution in [0.2, 0.25) is 0 Å². The molecule has 6 heteroatoms. The van der Waals surface area contributed by atoms with Crippen molar-refractivity contribution < 1.29 is 23.4 Å². The maximum absolute atomic E-state index is 12.8. The molecule has 1 aromatic heterocycles. The third-order valence-corrected chi connectivity index (χ3v) is 5.48. The molecule has 4 aromatic rings. The van der Waals surface area contributed by atoms with Crippen molar-refractivity contribution >= 4 is 28.1 Å². The van der Waals surface area contributed by atoms with Crippen LogP contribution in [0.15, 0.2) is 77.4 Å². The highest BCUT2D eigenvalue weighted by molar-refractivity contribution is 6.05. The number of anilines is 1. The van der Waals surface area contributed by atoms with Crippen molar-refractivity contribution in [2.24, 2.45) is 0 Å². The number of fused-ring (bicyclic) bond motifs is 1. The average molecular weight is 458 g/mol. The Morgan fingerprint density at radius 1 is 0.971 bits per heavy atom. The van der Waals surface area contributed by atoms with Crippen molar-refractivity contribution in [3.8, 4) is 28.4 Å². The number of carbonyl (C=O) groups is 1. The first-order chi connectivity index (χ1) is 16.5. The quantitative estimate of drug-likeness (QED) is 0.304. The molecule has 0 spiro atoms. The third kappa shape index (κ3) is 4.76. The van der Waals surface area contributed by atoms with Gasteiger partial charge in [0.25, 0.3) is 0 Å². The molecule has 1 amide bonds. The van der Waals surface area contributed by atoms with Crippen LogP contribution in [0, 0.1) is 0 Å². The molecule has 0 saturated heterocycles. The van der Waals surface area contributed by atoms with Crippen molar-refractivity contribution in [2.45, 2.75) is 13.8 Å². The Labute approximate surface area is 198 Å². The van der Waals surface area contributed by atoms with Crippen LogP contribution >= 0.6 is 0 Å². The first-order valence-electron chi connectivity index (χ1n) is 11.0. The predicted molar refractivity (Wildman–Crippen MR) is 135 cm³/mol. The van der Waals surface area contributed by atoms with Gasteiger partial charge in [-0.3, -0.25) is 4.79 Å². The van der Waals surface area contributed by atoms with E-state index in [9.17, 15) is 4.79 Å². The van der Waals surface area contributed by atoms with Crippen molar-refractivity contribution in [3.63, 3.8) is 0 Å². The van der Waals surface area contributed by atoms with Crippen LogP contribution in [0.5, 0.6) is 17.2 Å². The van der Waals surface area contributed by atoms with Gasteiger partial charge < -0.3 is 23.9 Å². The zero-order chi connectivity index (χ0) is 24.1. The van der Waals surface area contributed by atoms with E-state index in [1.165, 1.54) is 0 Å². The highest BCUT2D eigenvalue weighted by Gasteiger charge is 2.15. The van der Waals surface area contributed by atoms with Gasteiger partial charge >= 0.3 is 0 Å². The summed E-state index contributed by atoms with van der Waals surface area (Å²) in [5.74, 6) is 1.54. The lowest BCUT2D eigenvalue weighted by atomic mass is 9.99. The van der Waals surface area contributed by atoms with Crippen LogP contribution < -0.4 is 19.5 Å². The van der Waals surface area contributed by atoms with Gasteiger partial charge in [-0.2, -0.15) is 0 Å². The topological polar surface area (TPSA) is 69.9 Å². The van der Waals surface area contributed by atoms with Crippen LogP contribution in [0.25, 0.3) is 27.7 Å². The van der Waals surface area contributed by atoms with E-state index in [2.05, 4.69) is 5.32 Å². The van der Waals surface area contributed by atoms with Crippen LogP contribution in [-0.2, 0) is 4.79 Å². The van der Waals surface area contributed by atoms with Gasteiger partial charge in [-0.25, -0.2) is 0 Å². The summed E-state index contributed by atoms with van der Waals surface area (Å²) in [6, 6.07) is 19.2. The zero-order valence-electron chi connectivity index (χ0n) is 19.7. The second-order valence-corrected chi connectivity index (χ2v) is 7.68. The van der Waals surface area contributed by atoms with Gasteiger partial charge in [-0.05, 0) is 43.2 Å². The van der Waals surface area contributed by atoms with Crippen LogP contribution in [0.4, 0.5) is 5.69 Å². The van der Waals surface area contributed by atoms with E-state index in [-0.39, 0.29) is 5.91 Å². The van der Waals surface area contributed by atoms with Crippen LogP contribution in [0.3, 0.4) is 0 Å². The molecule has 1 heterocycles. The summed E-state index contributed by atoms with van der Waals surface area (Å²) in [5.41, 5.74) is 4.98. The molecule has 0 bridgehead atoms. The minimum absolute atomic E-state index is 0.261. The average Bonchev–Trinajstić information content (AvgIpc) is 3.27. The molecule has 0 aliphatic heterocycles. The number of furan rings is 1. The first kappa shape index (κ1) is 23.0. The number of hydrogen-bond donors (Lipinski definition) is 1. The smallest absolute Gasteiger partial charge is 0.248 e. The van der Waals surface area contributed by atoms with E-state index in [0.29, 0.717) is 29.5 Å². The Hall–Kier alpha value is -4.19. The second kappa shape index (κ2) is 10.2. The minimum atomic E-state index is -0.261. The van der Waals surface area contributed by atoms with Gasteiger partial charge in [-0.1, -0.05) is 30.3 Å². The standard InChI is InChI=1S/C28H27NO5/c1-5-33-25-16-26-22(23(17-34-26)19-9-7-6-8-10-19)15-21(25)18(2)13-28(30)29-20-11-12-24(31-3)27(14-20)32-4/h6-17H,5H2,1-4H3,(H,29,30)/b18-13+. The lowest BCUT2D eigenvalue weighted by Gasteiger charge is -2.12. The fraction of sp³-hybridized carbons (Fsp3) is 0.179. The Kier molecular flexibility index (Phi) is 6.87. The van der Waals surface area contributed by atoms with Gasteiger partial charge in [-0.15, -0.1) is 0 Å². The van der Waals surface area contributed by atoms with Gasteiger partial charge in [0.15, 0.2) is 11.5 Å². The summed E-state index contributed by atoms with van der Waals surface area (Å²) < 4.78 is 22.3. The summed E-state index contributed by atoms with van der Waals surface area (Å²) in [4.78, 5) is 12.8. The second-order valence-electron chi connectivity index (χ2n) is 7.68. The Morgan fingerprint density at radius 3 is 2.44 bits per heavy atom. The summed E-state index contributed by atoms with van der Waals surface area (Å²) >= 11 is 0. The first-order valence-corrected chi connectivity index (χ1v) is 11.0. The van der Waals surface area contributed by atoms with Crippen LogP contribution in [0.1, 0.15) is 19.4 Å². The van der Waals surface area contributed by atoms with Crippen molar-refractivity contribution in [2.75, 3.05) is 26.1 Å². The van der Waals surface area contributed by atoms with E-state index >= 15 is 0 Å². The van der Waals surface area contributed by atoms with E-state index in [1.54, 1.807) is 44.8 Å². The van der Waals surface area contributed by atoms with Crippen molar-refractivity contribution in [1.82, 2.24) is 0 Å². The van der Waals surface area contributed by atoms with Gasteiger partial charge in [0.2, 0.25) is 5.91 Å². The van der Waals surface area contributed by atoms with Crippen molar-refractivity contribution in [1.29, 1.82) is 0 Å². The molecule has 0 unspecified atom stereocenters. The number of nitrogens with one attached hydrogen (secondary N) is 1. The predicted octanol–water partition coefficient (Wildman–Crippen LogP) is 6.56. The SMILES string of the molecule is CCOc1cc2occ(-c3ccccc3)c2cc1/C(C)=C/C(=O)Nc1ccc(OC)c(OC)c1. The number of rotatable bonds is 8. The molecule has 0 aliphatic rings. The molecular formula is C28H27NO5. The van der Waals surface area contributed by atoms with Crippen molar-refractivity contribution in [3.05, 3.63) is 78.6 Å². The lowest BCUT2D eigenvalue weighted by Crippen LogP contribution is -2.09. The number of amides is 1. The molecule has 34 heavy (non-hydrogen) atoms. The number of allylic oxidation sites excluding steroid dienone is 1. The third-order valence-electron chi connectivity index (χ3n) is 5.48. The number of carbonyl (C=O) groups excluding carboxylic acids is 1. The molecule has 0 aliphatic carbocycles. The molecule has 1 N–H and O–H groups in total. The molecular weight excluding hydrogens is 430 g/mol. The summed E-state index contributed by atoms with van der Waals surface area (Å²) in [5, 5.41) is 3.84. The minimum Gasteiger partial charge on any atom is -0.493 e. The molecule has 6 nitrogen and oxygen atoms in total. The highest BCUT2D eigenvalue weighted by Crippen LogP contribution is 2.37. The highest BCUT2D eigenvalue weighted by atomic mass is 16.5. The normalized spacial score (nSPS) is 11.4. The van der Waals surface area contributed by atoms with Gasteiger partial charge in [0.05, 0.1) is 27.1 Å². The summed E-state index contributed by atoms with van der Waals surface area (Å²) in [6.45, 7) is 4.31. The van der Waals surface area contributed by atoms with E-state index in [4.69, 9.17) is 18.6 Å². The number of ether oxygens (including phenoxy) is 3. The maximum atomic E-state index is 12.8. The van der Waals surface area contributed by atoms with Gasteiger partial charge in [0.1, 0.15) is 11.3 Å². The fourth-order valence-corrected chi connectivity index (χ4v) is 3.85. The zero-order valence-corrected chi connectivity index (χ0v) is 19.7. The molecule has 0 saturated carbocycles. The molecule has 0 atom stereocenters. The van der Waals surface area contributed by atoms with Crippen LogP contribution in [-0.4, -0.2) is 26.7 Å². The number of benzene rings is 3. The van der Waals surface area contributed by atoms with E-state index in [1.807, 2.05) is 56.3 Å². The van der Waals surface area contributed by atoms with E-state index in [0.717, 1.165) is 33.2 Å². The fourth-order valence-electron chi connectivity index (χ4n) is 3.85. The largest absolute Gasteiger partial charge is 0.493 e. The lowest BCUT2D eigenvalue weighted by molar-refractivity contribution is -0.111.